The number of carbonyl (C=O) groups is 1. The quantitative estimate of drug-likeness (QED) is 0.645. The van der Waals surface area contributed by atoms with Crippen molar-refractivity contribution in [2.75, 3.05) is 18.5 Å². The molecule has 5 N–H and O–H groups in total. The summed E-state index contributed by atoms with van der Waals surface area (Å²) in [4.78, 5) is 20.2. The number of carbonyl (C=O) groups excluding carboxylic acids is 1. The molecule has 32 heavy (non-hydrogen) atoms. The summed E-state index contributed by atoms with van der Waals surface area (Å²) in [6.45, 7) is 0.305. The van der Waals surface area contributed by atoms with Crippen LogP contribution in [0.15, 0.2) is 78.4 Å². The van der Waals surface area contributed by atoms with Crippen LogP contribution in [0.1, 0.15) is 15.9 Å². The third-order valence-corrected chi connectivity index (χ3v) is 5.58. The van der Waals surface area contributed by atoms with Gasteiger partial charge in [0.2, 0.25) is 0 Å². The van der Waals surface area contributed by atoms with Gasteiger partial charge in [0.25, 0.3) is 5.91 Å². The summed E-state index contributed by atoms with van der Waals surface area (Å²) >= 11 is 5.85. The molecule has 0 aliphatic carbocycles. The molecule has 4 rings (SSSR count). The summed E-state index contributed by atoms with van der Waals surface area (Å²) in [5, 5.41) is 3.69. The van der Waals surface area contributed by atoms with E-state index in [1.54, 1.807) is 18.2 Å². The van der Waals surface area contributed by atoms with Gasteiger partial charge in [-0.05, 0) is 47.7 Å². The topological polar surface area (TPSA) is 101 Å². The van der Waals surface area contributed by atoms with Crippen LogP contribution in [0.4, 0.5) is 10.2 Å². The number of amides is 1. The van der Waals surface area contributed by atoms with Gasteiger partial charge in [-0.1, -0.05) is 23.7 Å². The van der Waals surface area contributed by atoms with E-state index in [1.807, 2.05) is 29.5 Å². The third-order valence-electron chi connectivity index (χ3n) is 5.35. The summed E-state index contributed by atoms with van der Waals surface area (Å²) in [6.07, 6.45) is 10.5. The second kappa shape index (κ2) is 8.86. The Kier molecular flexibility index (Phi) is 5.98. The van der Waals surface area contributed by atoms with Crippen LogP contribution in [-0.4, -0.2) is 35.5 Å². The SMILES string of the molecule is CN(C(=O)c1ccc(C2=CNC3C=CC(/C(=C/N)CN)=CN23)cc1F)c1ccc(Cl)cn1. The average Bonchev–Trinajstić information content (AvgIpc) is 3.23. The Morgan fingerprint density at radius 2 is 2.19 bits per heavy atom. The number of rotatable bonds is 5. The lowest BCUT2D eigenvalue weighted by molar-refractivity contribution is 0.0988. The van der Waals surface area contributed by atoms with Gasteiger partial charge in [-0.25, -0.2) is 9.37 Å². The van der Waals surface area contributed by atoms with Crippen molar-refractivity contribution in [1.29, 1.82) is 0 Å². The number of hydrogen-bond donors (Lipinski definition) is 3. The molecular weight excluding hydrogens is 431 g/mol. The van der Waals surface area contributed by atoms with E-state index >= 15 is 4.39 Å². The van der Waals surface area contributed by atoms with Crippen molar-refractivity contribution in [2.45, 2.75) is 6.17 Å². The smallest absolute Gasteiger partial charge is 0.262 e. The minimum Gasteiger partial charge on any atom is -0.404 e. The van der Waals surface area contributed by atoms with Crippen molar-refractivity contribution >= 4 is 29.0 Å². The maximum atomic E-state index is 15.0. The Labute approximate surface area is 190 Å². The van der Waals surface area contributed by atoms with Crippen molar-refractivity contribution in [3.63, 3.8) is 0 Å². The van der Waals surface area contributed by atoms with E-state index in [4.69, 9.17) is 23.1 Å². The molecule has 0 saturated heterocycles. The molecule has 1 aromatic carbocycles. The third kappa shape index (κ3) is 3.98. The zero-order valence-electron chi connectivity index (χ0n) is 17.3. The van der Waals surface area contributed by atoms with E-state index in [2.05, 4.69) is 10.3 Å². The van der Waals surface area contributed by atoms with Gasteiger partial charge in [-0.2, -0.15) is 0 Å². The van der Waals surface area contributed by atoms with Gasteiger partial charge >= 0.3 is 0 Å². The number of nitrogens with zero attached hydrogens (tertiary/aromatic N) is 3. The van der Waals surface area contributed by atoms with Crippen molar-refractivity contribution in [3.05, 3.63) is 100 Å². The lowest BCUT2D eigenvalue weighted by atomic mass is 10.0. The highest BCUT2D eigenvalue weighted by molar-refractivity contribution is 6.30. The molecule has 3 heterocycles. The molecular formula is C23H22ClFN6O. The molecule has 164 valence electrons. The van der Waals surface area contributed by atoms with Crippen LogP contribution in [0.3, 0.4) is 0 Å². The van der Waals surface area contributed by atoms with E-state index in [0.29, 0.717) is 22.9 Å². The van der Waals surface area contributed by atoms with Crippen molar-refractivity contribution in [3.8, 4) is 0 Å². The van der Waals surface area contributed by atoms with E-state index in [1.165, 1.54) is 36.5 Å². The number of aromatic nitrogens is 1. The first kappa shape index (κ1) is 21.6. The predicted molar refractivity (Wildman–Crippen MR) is 124 cm³/mol. The molecule has 7 nitrogen and oxygen atoms in total. The molecule has 1 unspecified atom stereocenters. The minimum absolute atomic E-state index is 0.0534. The van der Waals surface area contributed by atoms with E-state index in [9.17, 15) is 4.79 Å². The minimum atomic E-state index is -0.626. The first-order chi connectivity index (χ1) is 15.4. The zero-order chi connectivity index (χ0) is 22.8. The number of nitrogens with one attached hydrogen (secondary N) is 1. The summed E-state index contributed by atoms with van der Waals surface area (Å²) < 4.78 is 15.0. The summed E-state index contributed by atoms with van der Waals surface area (Å²) in [5.41, 5.74) is 14.5. The first-order valence-corrected chi connectivity index (χ1v) is 10.3. The van der Waals surface area contributed by atoms with Crippen LogP contribution in [0, 0.1) is 5.82 Å². The number of anilines is 1. The van der Waals surface area contributed by atoms with Crippen LogP contribution in [-0.2, 0) is 0 Å². The second-order valence-electron chi connectivity index (χ2n) is 7.28. The van der Waals surface area contributed by atoms with Gasteiger partial charge in [0, 0.05) is 37.8 Å². The zero-order valence-corrected chi connectivity index (χ0v) is 18.1. The molecule has 0 bridgehead atoms. The number of nitrogens with two attached hydrogens (primary N) is 2. The highest BCUT2D eigenvalue weighted by Crippen LogP contribution is 2.31. The Balaban J connectivity index is 1.59. The van der Waals surface area contributed by atoms with Crippen LogP contribution >= 0.6 is 11.6 Å². The van der Waals surface area contributed by atoms with E-state index in [-0.39, 0.29) is 11.7 Å². The van der Waals surface area contributed by atoms with E-state index < -0.39 is 11.7 Å². The van der Waals surface area contributed by atoms with Gasteiger partial charge in [-0.3, -0.25) is 9.69 Å². The Bertz CT molecular complexity index is 1170. The molecule has 2 aromatic rings. The lowest BCUT2D eigenvalue weighted by Gasteiger charge is -2.28. The van der Waals surface area contributed by atoms with Gasteiger partial charge in [0.1, 0.15) is 17.8 Å². The van der Waals surface area contributed by atoms with Crippen LogP contribution in [0.2, 0.25) is 5.02 Å². The maximum absolute atomic E-state index is 15.0. The van der Waals surface area contributed by atoms with Crippen LogP contribution in [0.25, 0.3) is 5.70 Å². The highest BCUT2D eigenvalue weighted by atomic mass is 35.5. The highest BCUT2D eigenvalue weighted by Gasteiger charge is 2.27. The number of pyridine rings is 1. The molecule has 0 saturated carbocycles. The molecule has 0 radical (unpaired) electrons. The molecule has 1 amide bonds. The van der Waals surface area contributed by atoms with Crippen molar-refractivity contribution < 1.29 is 9.18 Å². The second-order valence-corrected chi connectivity index (χ2v) is 7.72. The molecule has 1 aromatic heterocycles. The summed E-state index contributed by atoms with van der Waals surface area (Å²) in [6, 6.07) is 7.75. The number of hydrogen-bond acceptors (Lipinski definition) is 6. The lowest BCUT2D eigenvalue weighted by Crippen LogP contribution is -2.33. The Morgan fingerprint density at radius 3 is 2.84 bits per heavy atom. The predicted octanol–water partition coefficient (Wildman–Crippen LogP) is 2.94. The standard InChI is InChI=1S/C23H22ClFN6O/c1-30(21-7-4-17(24)11-28-21)23(32)18-5-2-14(8-19(18)25)20-12-29-22-6-3-15(13-31(20)22)16(9-26)10-27/h2-9,11-13,22,29H,10,26-27H2,1H3/b16-9+. The number of halogens is 2. The summed E-state index contributed by atoms with van der Waals surface area (Å²) in [7, 11) is 1.53. The van der Waals surface area contributed by atoms with E-state index in [0.717, 1.165) is 16.8 Å². The summed E-state index contributed by atoms with van der Waals surface area (Å²) in [5.74, 6) is -0.766. The fourth-order valence-corrected chi connectivity index (χ4v) is 3.67. The fraction of sp³-hybridized carbons (Fsp3) is 0.130. The molecule has 2 aliphatic heterocycles. The maximum Gasteiger partial charge on any atom is 0.262 e. The van der Waals surface area contributed by atoms with Gasteiger partial charge < -0.3 is 21.7 Å². The molecule has 0 spiro atoms. The van der Waals surface area contributed by atoms with Crippen molar-refractivity contribution in [1.82, 2.24) is 15.2 Å². The number of fused-ring (bicyclic) bond motifs is 1. The fourth-order valence-electron chi connectivity index (χ4n) is 3.56. The molecule has 9 heteroatoms. The Morgan fingerprint density at radius 1 is 1.38 bits per heavy atom. The van der Waals surface area contributed by atoms with Gasteiger partial charge in [0.15, 0.2) is 0 Å². The number of benzene rings is 1. The first-order valence-electron chi connectivity index (χ1n) is 9.88. The number of allylic oxidation sites excluding steroid dienone is 1. The van der Waals surface area contributed by atoms with Gasteiger partial charge in [-0.15, -0.1) is 0 Å². The van der Waals surface area contributed by atoms with Crippen LogP contribution in [0.5, 0.6) is 0 Å². The van der Waals surface area contributed by atoms with Gasteiger partial charge in [0.05, 0.1) is 16.3 Å². The monoisotopic (exact) mass is 452 g/mol. The molecule has 1 atom stereocenters. The normalized spacial score (nSPS) is 17.4. The average molecular weight is 453 g/mol. The molecule has 2 aliphatic rings. The molecule has 0 fully saturated rings. The van der Waals surface area contributed by atoms with Crippen molar-refractivity contribution in [2.24, 2.45) is 11.5 Å². The van der Waals surface area contributed by atoms with Crippen LogP contribution < -0.4 is 21.7 Å². The Hall–Kier alpha value is -3.62. The largest absolute Gasteiger partial charge is 0.404 e.